The van der Waals surface area contributed by atoms with Crippen molar-refractivity contribution in [2.24, 2.45) is 0 Å². The fourth-order valence-electron chi connectivity index (χ4n) is 6.29. The molecule has 0 aromatic heterocycles. The van der Waals surface area contributed by atoms with Gasteiger partial charge in [-0.25, -0.2) is 0 Å². The normalized spacial score (nSPS) is 13.3. The van der Waals surface area contributed by atoms with E-state index < -0.39 is 24.3 Å². The van der Waals surface area contributed by atoms with Crippen molar-refractivity contribution in [3.05, 3.63) is 48.6 Å². The van der Waals surface area contributed by atoms with Crippen LogP contribution in [0.1, 0.15) is 194 Å². The van der Waals surface area contributed by atoms with E-state index in [-0.39, 0.29) is 38.6 Å². The molecule has 2 unspecified atom stereocenters. The fourth-order valence-corrected chi connectivity index (χ4v) is 6.29. The summed E-state index contributed by atoms with van der Waals surface area (Å²) >= 11 is 0. The van der Waals surface area contributed by atoms with E-state index in [0.29, 0.717) is 17.4 Å². The molecule has 0 aromatic rings. The van der Waals surface area contributed by atoms with Gasteiger partial charge in [0.1, 0.15) is 13.2 Å². The van der Waals surface area contributed by atoms with Crippen LogP contribution in [0.2, 0.25) is 0 Å². The van der Waals surface area contributed by atoms with Gasteiger partial charge >= 0.3 is 11.9 Å². The summed E-state index contributed by atoms with van der Waals surface area (Å²) in [5.41, 5.74) is 0. The van der Waals surface area contributed by atoms with Crippen molar-refractivity contribution in [1.29, 1.82) is 0 Å². The Morgan fingerprint density at radius 2 is 0.932 bits per heavy atom. The molecule has 0 bridgehead atoms. The van der Waals surface area contributed by atoms with Gasteiger partial charge in [-0.1, -0.05) is 159 Å². The number of likely N-dealkylation sites (N-methyl/N-ethyl adjacent to an activating group) is 1. The lowest BCUT2D eigenvalue weighted by Gasteiger charge is -2.26. The highest BCUT2D eigenvalue weighted by atomic mass is 16.7. The van der Waals surface area contributed by atoms with Crippen LogP contribution in [0, 0.1) is 0 Å². The van der Waals surface area contributed by atoms with E-state index in [4.69, 9.17) is 18.9 Å². The number of carbonyl (C=O) groups excluding carboxylic acids is 3. The molecule has 0 aliphatic carbocycles. The number of carbonyl (C=O) groups is 3. The first-order valence-corrected chi connectivity index (χ1v) is 23.8. The Hall–Kier alpha value is -2.75. The SMILES string of the molecule is CCCC/C=C\CCCCCCCC(=O)OCC(COC(OCC[N+](C)(C)C)C(=O)[O-])OC(=O)CCCCCCCCCC/C=C\C/C=C\C/C=C\CCCCCCC. The van der Waals surface area contributed by atoms with Crippen molar-refractivity contribution < 1.29 is 42.9 Å². The first-order valence-electron chi connectivity index (χ1n) is 23.8. The lowest BCUT2D eigenvalue weighted by atomic mass is 10.1. The van der Waals surface area contributed by atoms with Crippen LogP contribution >= 0.6 is 0 Å². The first kappa shape index (κ1) is 56.2. The van der Waals surface area contributed by atoms with Crippen LogP contribution in [0.15, 0.2) is 48.6 Å². The second-order valence-electron chi connectivity index (χ2n) is 17.0. The van der Waals surface area contributed by atoms with Crippen LogP contribution < -0.4 is 5.11 Å². The van der Waals surface area contributed by atoms with Crippen molar-refractivity contribution in [2.45, 2.75) is 206 Å². The highest BCUT2D eigenvalue weighted by molar-refractivity contribution is 5.70. The molecule has 0 N–H and O–H groups in total. The van der Waals surface area contributed by atoms with Crippen molar-refractivity contribution >= 4 is 17.9 Å². The number of hydrogen-bond donors (Lipinski definition) is 0. The Kier molecular flexibility index (Phi) is 40.0. The fraction of sp³-hybridized carbons (Fsp3) is 0.780. The Morgan fingerprint density at radius 1 is 0.508 bits per heavy atom. The minimum absolute atomic E-state index is 0.143. The van der Waals surface area contributed by atoms with E-state index in [0.717, 1.165) is 83.5 Å². The number of aliphatic carboxylic acids is 1. The van der Waals surface area contributed by atoms with Crippen LogP contribution in [0.3, 0.4) is 0 Å². The van der Waals surface area contributed by atoms with Gasteiger partial charge in [0.25, 0.3) is 0 Å². The molecule has 0 rings (SSSR count). The number of carboxylic acid groups (broad SMARTS) is 1. The maximum absolute atomic E-state index is 12.8. The summed E-state index contributed by atoms with van der Waals surface area (Å²) in [6.45, 7) is 4.66. The van der Waals surface area contributed by atoms with E-state index in [1.54, 1.807) is 0 Å². The molecule has 9 nitrogen and oxygen atoms in total. The molecule has 0 radical (unpaired) electrons. The molecule has 0 aromatic carbocycles. The number of rotatable bonds is 43. The maximum atomic E-state index is 12.8. The highest BCUT2D eigenvalue weighted by Crippen LogP contribution is 2.14. The highest BCUT2D eigenvalue weighted by Gasteiger charge is 2.21. The summed E-state index contributed by atoms with van der Waals surface area (Å²) in [7, 11) is 5.90. The standard InChI is InChI=1S/C50H89NO8/c1-6-8-10-12-14-16-18-19-20-21-22-23-24-25-26-27-28-29-31-33-35-37-39-41-48(53)59-46(45-58-50(49(54)55)56-43-42-51(3,4)5)44-57-47(52)40-38-36-34-32-30-17-15-13-11-9-7-2/h13,15,18-19,21-22,24-25,46,50H,6-12,14,16-17,20,23,26-45H2,1-5H3/b15-13-,19-18-,22-21-,25-24-. The van der Waals surface area contributed by atoms with E-state index in [1.807, 2.05) is 21.1 Å². The van der Waals surface area contributed by atoms with Crippen LogP contribution in [0.5, 0.6) is 0 Å². The largest absolute Gasteiger partial charge is 0.545 e. The maximum Gasteiger partial charge on any atom is 0.306 e. The lowest BCUT2D eigenvalue weighted by molar-refractivity contribution is -0.870. The monoisotopic (exact) mass is 832 g/mol. The number of carboxylic acids is 1. The molecule has 0 fully saturated rings. The summed E-state index contributed by atoms with van der Waals surface area (Å²) in [6, 6.07) is 0. The van der Waals surface area contributed by atoms with Crippen LogP contribution in [0.4, 0.5) is 0 Å². The average Bonchev–Trinajstić information content (AvgIpc) is 3.19. The number of allylic oxidation sites excluding steroid dienone is 8. The molecule has 0 saturated carbocycles. The lowest BCUT2D eigenvalue weighted by Crippen LogP contribution is -2.44. The van der Waals surface area contributed by atoms with Crippen molar-refractivity contribution in [1.82, 2.24) is 0 Å². The molecule has 0 heterocycles. The molecule has 0 aliphatic heterocycles. The molecule has 59 heavy (non-hydrogen) atoms. The second-order valence-corrected chi connectivity index (χ2v) is 17.0. The van der Waals surface area contributed by atoms with E-state index in [9.17, 15) is 19.5 Å². The third kappa shape index (κ3) is 43.2. The third-order valence-corrected chi connectivity index (χ3v) is 10.0. The Labute approximate surface area is 362 Å². The van der Waals surface area contributed by atoms with Gasteiger partial charge < -0.3 is 33.3 Å². The van der Waals surface area contributed by atoms with E-state index >= 15 is 0 Å². The zero-order valence-corrected chi connectivity index (χ0v) is 38.6. The number of nitrogens with zero attached hydrogens (tertiary/aromatic N) is 1. The van der Waals surface area contributed by atoms with Gasteiger partial charge in [-0.15, -0.1) is 0 Å². The number of hydrogen-bond acceptors (Lipinski definition) is 8. The predicted molar refractivity (Wildman–Crippen MR) is 242 cm³/mol. The summed E-state index contributed by atoms with van der Waals surface area (Å²) in [4.78, 5) is 37.0. The Balaban J connectivity index is 4.35. The van der Waals surface area contributed by atoms with E-state index in [2.05, 4.69) is 62.5 Å². The van der Waals surface area contributed by atoms with Gasteiger partial charge in [-0.3, -0.25) is 9.59 Å². The van der Waals surface area contributed by atoms with Crippen molar-refractivity contribution in [3.63, 3.8) is 0 Å². The van der Waals surface area contributed by atoms with Crippen LogP contribution in [-0.2, 0) is 33.3 Å². The minimum Gasteiger partial charge on any atom is -0.545 e. The van der Waals surface area contributed by atoms with Gasteiger partial charge in [0.15, 0.2) is 12.4 Å². The summed E-state index contributed by atoms with van der Waals surface area (Å²) in [6.07, 6.45) is 45.7. The predicted octanol–water partition coefficient (Wildman–Crippen LogP) is 11.4. The van der Waals surface area contributed by atoms with Crippen molar-refractivity contribution in [2.75, 3.05) is 47.5 Å². The third-order valence-electron chi connectivity index (χ3n) is 10.0. The Morgan fingerprint density at radius 3 is 1.42 bits per heavy atom. The second kappa shape index (κ2) is 42.0. The zero-order chi connectivity index (χ0) is 43.5. The molecule has 342 valence electrons. The van der Waals surface area contributed by atoms with Crippen LogP contribution in [0.25, 0.3) is 0 Å². The molecule has 0 aliphatic rings. The molecular weight excluding hydrogens is 743 g/mol. The van der Waals surface area contributed by atoms with Gasteiger partial charge in [0.2, 0.25) is 0 Å². The topological polar surface area (TPSA) is 111 Å². The zero-order valence-electron chi connectivity index (χ0n) is 38.6. The first-order chi connectivity index (χ1) is 28.6. The van der Waals surface area contributed by atoms with Gasteiger partial charge in [-0.2, -0.15) is 0 Å². The molecular formula is C50H89NO8. The Bertz CT molecular complexity index is 1110. The van der Waals surface area contributed by atoms with Gasteiger partial charge in [-0.05, 0) is 70.6 Å². The summed E-state index contributed by atoms with van der Waals surface area (Å²) in [5, 5.41) is 11.7. The molecule has 2 atom stereocenters. The molecule has 9 heteroatoms. The molecule has 0 saturated heterocycles. The molecule has 0 spiro atoms. The molecule has 0 amide bonds. The number of quaternary nitrogens is 1. The van der Waals surface area contributed by atoms with E-state index in [1.165, 1.54) is 77.0 Å². The smallest absolute Gasteiger partial charge is 0.306 e. The van der Waals surface area contributed by atoms with Crippen LogP contribution in [-0.4, -0.2) is 82.3 Å². The average molecular weight is 832 g/mol. The minimum atomic E-state index is -1.62. The number of ether oxygens (including phenoxy) is 4. The number of esters is 2. The quantitative estimate of drug-likeness (QED) is 0.0196. The summed E-state index contributed by atoms with van der Waals surface area (Å²) < 4.78 is 22.5. The van der Waals surface area contributed by atoms with Gasteiger partial charge in [0, 0.05) is 12.8 Å². The number of unbranched alkanes of at least 4 members (excludes halogenated alkanes) is 20. The summed E-state index contributed by atoms with van der Waals surface area (Å²) in [5.74, 6) is -2.31. The van der Waals surface area contributed by atoms with Gasteiger partial charge in [0.05, 0.1) is 40.3 Å². The van der Waals surface area contributed by atoms with Crippen molar-refractivity contribution in [3.8, 4) is 0 Å².